The molecule has 234 valence electrons. The van der Waals surface area contributed by atoms with Crippen molar-refractivity contribution in [3.63, 3.8) is 0 Å². The molecular weight excluding hydrogens is 609 g/mol. The topological polar surface area (TPSA) is 51.6 Å². The molecule has 4 nitrogen and oxygen atoms in total. The number of fused-ring (bicyclic) bond motifs is 3. The summed E-state index contributed by atoms with van der Waals surface area (Å²) >= 11 is 0. The molecule has 0 unspecified atom stereocenters. The summed E-state index contributed by atoms with van der Waals surface area (Å²) in [6.07, 6.45) is 0. The molecule has 9 rings (SSSR count). The third-order valence-corrected chi connectivity index (χ3v) is 9.12. The maximum absolute atomic E-state index is 5.17. The Morgan fingerprint density at radius 1 is 0.300 bits per heavy atom. The lowest BCUT2D eigenvalue weighted by atomic mass is 9.92. The lowest BCUT2D eigenvalue weighted by molar-refractivity contribution is 1.07. The van der Waals surface area contributed by atoms with E-state index in [0.29, 0.717) is 17.5 Å². The van der Waals surface area contributed by atoms with Crippen LogP contribution >= 0.6 is 0 Å². The quantitative estimate of drug-likeness (QED) is 0.170. The molecule has 4 heteroatoms. The molecule has 0 amide bonds. The van der Waals surface area contributed by atoms with E-state index in [9.17, 15) is 0 Å². The highest BCUT2D eigenvalue weighted by Crippen LogP contribution is 2.38. The smallest absolute Gasteiger partial charge is 0.164 e. The van der Waals surface area contributed by atoms with Crippen LogP contribution in [0.3, 0.4) is 0 Å². The fourth-order valence-corrected chi connectivity index (χ4v) is 6.59. The zero-order valence-electron chi connectivity index (χ0n) is 27.1. The van der Waals surface area contributed by atoms with E-state index in [4.69, 9.17) is 19.9 Å². The largest absolute Gasteiger partial charge is 0.248 e. The van der Waals surface area contributed by atoms with Gasteiger partial charge in [-0.3, -0.25) is 0 Å². The highest BCUT2D eigenvalue weighted by atomic mass is 15.0. The number of hydrogen-bond donors (Lipinski definition) is 0. The van der Waals surface area contributed by atoms with Crippen LogP contribution in [-0.4, -0.2) is 19.9 Å². The van der Waals surface area contributed by atoms with E-state index in [1.807, 2.05) is 66.7 Å². The van der Waals surface area contributed by atoms with Gasteiger partial charge in [-0.05, 0) is 51.2 Å². The summed E-state index contributed by atoms with van der Waals surface area (Å²) in [6.45, 7) is 0. The first-order valence-electron chi connectivity index (χ1n) is 16.7. The molecule has 0 aliphatic rings. The van der Waals surface area contributed by atoms with Crippen molar-refractivity contribution in [3.8, 4) is 67.7 Å². The monoisotopic (exact) mass is 638 g/mol. The van der Waals surface area contributed by atoms with Crippen molar-refractivity contribution in [1.29, 1.82) is 0 Å². The van der Waals surface area contributed by atoms with Crippen molar-refractivity contribution in [2.24, 2.45) is 0 Å². The number of nitrogens with zero attached hydrogens (tertiary/aromatic N) is 4. The van der Waals surface area contributed by atoms with Crippen LogP contribution in [0, 0.1) is 0 Å². The second-order valence-electron chi connectivity index (χ2n) is 12.3. The number of aromatic nitrogens is 4. The maximum atomic E-state index is 5.17. The second-order valence-corrected chi connectivity index (χ2v) is 12.3. The average molecular weight is 639 g/mol. The molecule has 0 atom stereocenters. The van der Waals surface area contributed by atoms with Crippen molar-refractivity contribution in [2.45, 2.75) is 0 Å². The standard InChI is InChI=1S/C46H30N4/c1-5-13-32(14-6-1)40-30-42(34-15-7-2-8-16-34)47-41-28-27-33-23-26-38(29-39(33)43(40)41)31-21-24-37(25-22-31)46-49-44(35-17-9-3-10-18-35)48-45(50-46)36-19-11-4-12-20-36/h1-30H. The molecular formula is C46H30N4. The molecule has 0 N–H and O–H groups in total. The maximum Gasteiger partial charge on any atom is 0.164 e. The van der Waals surface area contributed by atoms with Crippen LogP contribution < -0.4 is 0 Å². The normalized spacial score (nSPS) is 11.2. The summed E-state index contributed by atoms with van der Waals surface area (Å²) in [5.41, 5.74) is 10.5. The Bertz CT molecular complexity index is 2550. The first kappa shape index (κ1) is 29.4. The Hall–Kier alpha value is -6.78. The lowest BCUT2D eigenvalue weighted by Gasteiger charge is -2.14. The van der Waals surface area contributed by atoms with Gasteiger partial charge in [0.15, 0.2) is 17.5 Å². The van der Waals surface area contributed by atoms with Crippen LogP contribution in [0.5, 0.6) is 0 Å². The number of pyridine rings is 1. The molecule has 0 radical (unpaired) electrons. The number of hydrogen-bond acceptors (Lipinski definition) is 4. The molecule has 50 heavy (non-hydrogen) atoms. The third kappa shape index (κ3) is 5.59. The number of benzene rings is 7. The predicted octanol–water partition coefficient (Wildman–Crippen LogP) is 11.6. The zero-order chi connectivity index (χ0) is 33.3. The van der Waals surface area contributed by atoms with Crippen LogP contribution in [0.4, 0.5) is 0 Å². The molecule has 0 fully saturated rings. The summed E-state index contributed by atoms with van der Waals surface area (Å²) in [6, 6.07) is 62.9. The van der Waals surface area contributed by atoms with Crippen molar-refractivity contribution >= 4 is 21.7 Å². The van der Waals surface area contributed by atoms with E-state index in [-0.39, 0.29) is 0 Å². The molecule has 0 aliphatic heterocycles. The summed E-state index contributed by atoms with van der Waals surface area (Å²) in [7, 11) is 0. The molecule has 0 saturated carbocycles. The first-order valence-corrected chi connectivity index (χ1v) is 16.7. The van der Waals surface area contributed by atoms with Gasteiger partial charge in [-0.25, -0.2) is 19.9 Å². The van der Waals surface area contributed by atoms with Crippen LogP contribution in [0.1, 0.15) is 0 Å². The van der Waals surface area contributed by atoms with Gasteiger partial charge in [0, 0.05) is 27.6 Å². The van der Waals surface area contributed by atoms with E-state index in [2.05, 4.69) is 115 Å². The van der Waals surface area contributed by atoms with Gasteiger partial charge in [0.2, 0.25) is 0 Å². The Morgan fingerprint density at radius 2 is 0.740 bits per heavy atom. The summed E-state index contributed by atoms with van der Waals surface area (Å²) in [5.74, 6) is 1.94. The van der Waals surface area contributed by atoms with Crippen molar-refractivity contribution in [2.75, 3.05) is 0 Å². The van der Waals surface area contributed by atoms with Gasteiger partial charge in [0.25, 0.3) is 0 Å². The van der Waals surface area contributed by atoms with Crippen molar-refractivity contribution in [1.82, 2.24) is 19.9 Å². The molecule has 2 heterocycles. The van der Waals surface area contributed by atoms with Crippen LogP contribution in [0.2, 0.25) is 0 Å². The SMILES string of the molecule is c1ccc(-c2cc(-c3ccccc3)c3c(ccc4ccc(-c5ccc(-c6nc(-c7ccccc7)nc(-c7ccccc7)n6)cc5)cc43)n2)cc1. The van der Waals surface area contributed by atoms with E-state index in [0.717, 1.165) is 50.0 Å². The minimum Gasteiger partial charge on any atom is -0.248 e. The minimum absolute atomic E-state index is 0.640. The molecule has 0 aliphatic carbocycles. The molecule has 0 spiro atoms. The van der Waals surface area contributed by atoms with Gasteiger partial charge in [-0.15, -0.1) is 0 Å². The first-order chi connectivity index (χ1) is 24.8. The summed E-state index contributed by atoms with van der Waals surface area (Å²) < 4.78 is 0. The van der Waals surface area contributed by atoms with Gasteiger partial charge in [0.05, 0.1) is 11.2 Å². The Labute approximate surface area is 290 Å². The fourth-order valence-electron chi connectivity index (χ4n) is 6.59. The third-order valence-electron chi connectivity index (χ3n) is 9.12. The van der Waals surface area contributed by atoms with E-state index < -0.39 is 0 Å². The molecule has 7 aromatic carbocycles. The van der Waals surface area contributed by atoms with E-state index >= 15 is 0 Å². The van der Waals surface area contributed by atoms with E-state index in [1.165, 1.54) is 21.9 Å². The highest BCUT2D eigenvalue weighted by Gasteiger charge is 2.15. The van der Waals surface area contributed by atoms with Gasteiger partial charge >= 0.3 is 0 Å². The average Bonchev–Trinajstić information content (AvgIpc) is 3.21. The molecule has 0 saturated heterocycles. The van der Waals surface area contributed by atoms with Crippen molar-refractivity contribution < 1.29 is 0 Å². The highest BCUT2D eigenvalue weighted by molar-refractivity contribution is 6.14. The Kier molecular flexibility index (Phi) is 7.45. The van der Waals surface area contributed by atoms with Gasteiger partial charge in [-0.1, -0.05) is 164 Å². The minimum atomic E-state index is 0.640. The molecule has 2 aromatic heterocycles. The van der Waals surface area contributed by atoms with Crippen LogP contribution in [0.25, 0.3) is 89.4 Å². The van der Waals surface area contributed by atoms with Crippen LogP contribution in [0.15, 0.2) is 182 Å². The summed E-state index contributed by atoms with van der Waals surface area (Å²) in [4.78, 5) is 19.8. The predicted molar refractivity (Wildman–Crippen MR) is 205 cm³/mol. The lowest BCUT2D eigenvalue weighted by Crippen LogP contribution is -2.00. The fraction of sp³-hybridized carbons (Fsp3) is 0. The number of rotatable bonds is 6. The van der Waals surface area contributed by atoms with E-state index in [1.54, 1.807) is 0 Å². The Morgan fingerprint density at radius 3 is 1.30 bits per heavy atom. The van der Waals surface area contributed by atoms with Gasteiger partial charge < -0.3 is 0 Å². The van der Waals surface area contributed by atoms with Gasteiger partial charge in [-0.2, -0.15) is 0 Å². The molecule has 0 bridgehead atoms. The zero-order valence-corrected chi connectivity index (χ0v) is 27.1. The van der Waals surface area contributed by atoms with Crippen molar-refractivity contribution in [3.05, 3.63) is 182 Å². The Balaban J connectivity index is 1.15. The van der Waals surface area contributed by atoms with Gasteiger partial charge in [0.1, 0.15) is 0 Å². The van der Waals surface area contributed by atoms with Crippen LogP contribution in [-0.2, 0) is 0 Å². The summed E-state index contributed by atoms with van der Waals surface area (Å²) in [5, 5.41) is 3.50. The second kappa shape index (κ2) is 12.7. The molecule has 9 aromatic rings.